The monoisotopic (exact) mass is 490 g/mol. The maximum atomic E-state index is 12.9. The van der Waals surface area contributed by atoms with Gasteiger partial charge in [0.05, 0.1) is 11.6 Å². The fourth-order valence-corrected chi connectivity index (χ4v) is 5.78. The Morgan fingerprint density at radius 2 is 1.94 bits per heavy atom. The van der Waals surface area contributed by atoms with E-state index in [1.807, 2.05) is 29.3 Å². The van der Waals surface area contributed by atoms with Crippen LogP contribution < -0.4 is 15.7 Å². The van der Waals surface area contributed by atoms with E-state index in [4.69, 9.17) is 24.4 Å². The number of piperazine rings is 1. The third-order valence-corrected chi connectivity index (χ3v) is 7.72. The molecule has 0 bridgehead atoms. The number of hydrogen-bond donors (Lipinski definition) is 1. The molecule has 7 nitrogen and oxygen atoms in total. The molecule has 2 radical (unpaired) electrons. The van der Waals surface area contributed by atoms with E-state index in [0.717, 1.165) is 82.3 Å². The summed E-state index contributed by atoms with van der Waals surface area (Å²) in [5.41, 5.74) is 2.34. The van der Waals surface area contributed by atoms with Gasteiger partial charge >= 0.3 is 0 Å². The van der Waals surface area contributed by atoms with Gasteiger partial charge in [-0.05, 0) is 25.3 Å². The molecule has 1 atom stereocenters. The van der Waals surface area contributed by atoms with Crippen LogP contribution in [0.5, 0.6) is 0 Å². The van der Waals surface area contributed by atoms with Gasteiger partial charge < -0.3 is 15.1 Å². The van der Waals surface area contributed by atoms with Crippen LogP contribution in [0.25, 0.3) is 0 Å². The molecular formula is C26H32BClN6O. The molecule has 182 valence electrons. The summed E-state index contributed by atoms with van der Waals surface area (Å²) in [4.78, 5) is 29.0. The van der Waals surface area contributed by atoms with Crippen LogP contribution in [0.1, 0.15) is 42.1 Å². The number of amidine groups is 1. The minimum atomic E-state index is 0.100. The molecule has 0 saturated carbocycles. The number of carbonyl (C=O) groups is 1. The number of hydrogen-bond acceptors (Lipinski definition) is 6. The van der Waals surface area contributed by atoms with Crippen molar-refractivity contribution in [2.24, 2.45) is 4.99 Å². The van der Waals surface area contributed by atoms with E-state index in [1.54, 1.807) is 12.1 Å². The van der Waals surface area contributed by atoms with Gasteiger partial charge in [-0.15, -0.1) is 0 Å². The smallest absolute Gasteiger partial charge is 0.253 e. The van der Waals surface area contributed by atoms with Gasteiger partial charge in [-0.1, -0.05) is 48.3 Å². The lowest BCUT2D eigenvalue weighted by Crippen LogP contribution is -2.58. The molecule has 3 aliphatic heterocycles. The van der Waals surface area contributed by atoms with Crippen LogP contribution in [0, 0.1) is 0 Å². The van der Waals surface area contributed by atoms with Gasteiger partial charge in [0.2, 0.25) is 0 Å². The second-order valence-electron chi connectivity index (χ2n) is 9.58. The zero-order valence-corrected chi connectivity index (χ0v) is 21.0. The number of aliphatic imine (C=N–C) groups is 1. The van der Waals surface area contributed by atoms with Crippen LogP contribution in [0.15, 0.2) is 41.5 Å². The summed E-state index contributed by atoms with van der Waals surface area (Å²) < 4.78 is 0. The van der Waals surface area contributed by atoms with Gasteiger partial charge in [-0.3, -0.25) is 14.7 Å². The molecule has 9 heteroatoms. The van der Waals surface area contributed by atoms with Gasteiger partial charge in [-0.25, -0.2) is 4.98 Å². The number of likely N-dealkylation sites (tertiary alicyclic amines) is 1. The number of rotatable bonds is 5. The quantitative estimate of drug-likeness (QED) is 0.650. The Morgan fingerprint density at radius 3 is 2.60 bits per heavy atom. The van der Waals surface area contributed by atoms with Gasteiger partial charge in [0.1, 0.15) is 19.5 Å². The fourth-order valence-electron chi connectivity index (χ4n) is 5.50. The Morgan fingerprint density at radius 1 is 1.17 bits per heavy atom. The van der Waals surface area contributed by atoms with Gasteiger partial charge in [0.15, 0.2) is 0 Å². The number of amides is 1. The van der Waals surface area contributed by atoms with Crippen LogP contribution >= 0.6 is 11.6 Å². The van der Waals surface area contributed by atoms with Gasteiger partial charge in [-0.2, -0.15) is 0 Å². The van der Waals surface area contributed by atoms with E-state index < -0.39 is 0 Å². The number of pyridine rings is 1. The minimum Gasteiger partial charge on any atom is -0.368 e. The van der Waals surface area contributed by atoms with Crippen LogP contribution in [0.4, 0.5) is 5.82 Å². The van der Waals surface area contributed by atoms with Crippen molar-refractivity contribution in [2.75, 3.05) is 50.7 Å². The van der Waals surface area contributed by atoms with Crippen molar-refractivity contribution >= 4 is 42.5 Å². The van der Waals surface area contributed by atoms with E-state index >= 15 is 0 Å². The maximum Gasteiger partial charge on any atom is 0.253 e. The van der Waals surface area contributed by atoms with Gasteiger partial charge in [0, 0.05) is 68.7 Å². The third-order valence-electron chi connectivity index (χ3n) is 7.45. The molecule has 1 aromatic carbocycles. The average molecular weight is 491 g/mol. The predicted molar refractivity (Wildman–Crippen MR) is 142 cm³/mol. The first-order valence-electron chi connectivity index (χ1n) is 12.6. The highest BCUT2D eigenvalue weighted by molar-refractivity contribution is 6.33. The summed E-state index contributed by atoms with van der Waals surface area (Å²) in [7, 11) is 5.77. The zero-order valence-electron chi connectivity index (χ0n) is 20.3. The first kappa shape index (κ1) is 24.1. The Balaban J connectivity index is 1.19. The normalized spacial score (nSPS) is 21.7. The molecule has 1 amide bonds. The highest BCUT2D eigenvalue weighted by atomic mass is 35.5. The number of anilines is 1. The largest absolute Gasteiger partial charge is 0.368 e. The van der Waals surface area contributed by atoms with Crippen LogP contribution in [0.2, 0.25) is 5.02 Å². The van der Waals surface area contributed by atoms with E-state index in [-0.39, 0.29) is 5.91 Å². The molecule has 35 heavy (non-hydrogen) atoms. The summed E-state index contributed by atoms with van der Waals surface area (Å²) >= 11 is 6.68. The molecule has 1 aromatic heterocycles. The summed E-state index contributed by atoms with van der Waals surface area (Å²) in [6.45, 7) is 8.27. The van der Waals surface area contributed by atoms with Crippen molar-refractivity contribution in [2.45, 2.75) is 38.3 Å². The van der Waals surface area contributed by atoms with E-state index in [0.29, 0.717) is 28.1 Å². The number of piperidine rings is 1. The van der Waals surface area contributed by atoms with Crippen LogP contribution in [-0.4, -0.2) is 92.3 Å². The first-order valence-corrected chi connectivity index (χ1v) is 13.0. The average Bonchev–Trinajstić information content (AvgIpc) is 3.44. The number of nitrogens with zero attached hydrogens (tertiary/aromatic N) is 5. The lowest BCUT2D eigenvalue weighted by atomic mass is 9.94. The van der Waals surface area contributed by atoms with Gasteiger partial charge in [0.25, 0.3) is 5.91 Å². The summed E-state index contributed by atoms with van der Waals surface area (Å²) in [6, 6.07) is 10.1. The zero-order chi connectivity index (χ0) is 24.4. The lowest BCUT2D eigenvalue weighted by Gasteiger charge is -2.47. The Bertz CT molecular complexity index is 1090. The van der Waals surface area contributed by atoms with Crippen LogP contribution in [-0.2, 0) is 0 Å². The van der Waals surface area contributed by atoms with Crippen molar-refractivity contribution < 1.29 is 4.79 Å². The molecule has 5 rings (SSSR count). The van der Waals surface area contributed by atoms with Crippen molar-refractivity contribution in [3.8, 4) is 0 Å². The molecular weight excluding hydrogens is 459 g/mol. The minimum absolute atomic E-state index is 0.100. The standard InChI is InChI=1S/C26H32BClN6O/c1-2-21-17-33(25-23(28)15-19(16-31-25)24-29-9-10-30-24)13-14-34(21)22-7-11-32(12-8-22)26(35)18-3-5-20(27)6-4-18/h3-6,15-16,21-22H,2,7-14,17H2,1H3,(H,29,30)/t21-/m0/s1. The second-order valence-corrected chi connectivity index (χ2v) is 9.99. The Labute approximate surface area is 214 Å². The van der Waals surface area contributed by atoms with Crippen molar-refractivity contribution in [3.05, 3.63) is 52.7 Å². The van der Waals surface area contributed by atoms with E-state index in [1.165, 1.54) is 0 Å². The number of halogens is 1. The third kappa shape index (κ3) is 5.19. The van der Waals surface area contributed by atoms with Crippen molar-refractivity contribution in [3.63, 3.8) is 0 Å². The highest BCUT2D eigenvalue weighted by Crippen LogP contribution is 2.30. The number of aromatic nitrogens is 1. The number of carbonyl (C=O) groups excluding carboxylic acids is 1. The molecule has 1 N–H and O–H groups in total. The Hall–Kier alpha value is -2.58. The lowest BCUT2D eigenvalue weighted by molar-refractivity contribution is 0.0491. The van der Waals surface area contributed by atoms with Crippen molar-refractivity contribution in [1.82, 2.24) is 20.1 Å². The molecule has 0 aliphatic carbocycles. The predicted octanol–water partition coefficient (Wildman–Crippen LogP) is 2.08. The van der Waals surface area contributed by atoms with Crippen LogP contribution in [0.3, 0.4) is 0 Å². The molecule has 4 heterocycles. The Kier molecular flexibility index (Phi) is 7.30. The SMILES string of the molecule is [B]c1ccc(C(=O)N2CCC(N3CCN(c4ncc(C5=NCCN5)cc4Cl)C[C@@H]3CC)CC2)cc1. The summed E-state index contributed by atoms with van der Waals surface area (Å²) in [6.07, 6.45) is 4.94. The second kappa shape index (κ2) is 10.6. The molecule has 2 saturated heterocycles. The summed E-state index contributed by atoms with van der Waals surface area (Å²) in [5.74, 6) is 1.84. The molecule has 2 aromatic rings. The fraction of sp³-hybridized carbons (Fsp3) is 0.500. The first-order chi connectivity index (χ1) is 17.0. The summed E-state index contributed by atoms with van der Waals surface area (Å²) in [5, 5.41) is 3.96. The molecule has 2 fully saturated rings. The number of nitrogens with one attached hydrogen (secondary N) is 1. The van der Waals surface area contributed by atoms with E-state index in [2.05, 4.69) is 27.0 Å². The number of benzene rings is 1. The molecule has 3 aliphatic rings. The maximum absolute atomic E-state index is 12.9. The molecule has 0 spiro atoms. The topological polar surface area (TPSA) is 64.1 Å². The van der Waals surface area contributed by atoms with Crippen molar-refractivity contribution in [1.29, 1.82) is 0 Å². The van der Waals surface area contributed by atoms with E-state index in [9.17, 15) is 4.79 Å². The highest BCUT2D eigenvalue weighted by Gasteiger charge is 2.35. The molecule has 0 unspecified atom stereocenters.